The normalized spacial score (nSPS) is 13.5. The predicted molar refractivity (Wildman–Crippen MR) is 119 cm³/mol. The van der Waals surface area contributed by atoms with Crippen molar-refractivity contribution in [2.45, 2.75) is 19.3 Å². The van der Waals surface area contributed by atoms with Crippen LogP contribution in [-0.4, -0.2) is 30.4 Å². The van der Waals surface area contributed by atoms with Crippen LogP contribution in [0.3, 0.4) is 0 Å². The van der Waals surface area contributed by atoms with Gasteiger partial charge in [0, 0.05) is 29.9 Å². The van der Waals surface area contributed by atoms with Crippen LogP contribution in [0.5, 0.6) is 11.5 Å². The lowest BCUT2D eigenvalue weighted by Gasteiger charge is -2.21. The summed E-state index contributed by atoms with van der Waals surface area (Å²) in [4.78, 5) is 26.6. The molecule has 3 aromatic carbocycles. The third-order valence-corrected chi connectivity index (χ3v) is 5.36. The van der Waals surface area contributed by atoms with Crippen LogP contribution in [0.1, 0.15) is 27.0 Å². The molecular weight excluding hydrogens is 449 g/mol. The van der Waals surface area contributed by atoms with Crippen LogP contribution < -0.4 is 14.8 Å². The minimum atomic E-state index is -4.47. The minimum absolute atomic E-state index is 0.00596. The molecule has 0 bridgehead atoms. The van der Waals surface area contributed by atoms with E-state index < -0.39 is 11.7 Å². The molecule has 0 spiro atoms. The second kappa shape index (κ2) is 9.46. The molecule has 6 nitrogen and oxygen atoms in total. The highest BCUT2D eigenvalue weighted by atomic mass is 19.4. The van der Waals surface area contributed by atoms with Gasteiger partial charge >= 0.3 is 6.18 Å². The van der Waals surface area contributed by atoms with E-state index >= 15 is 0 Å². The number of hydrogen-bond donors (Lipinski definition) is 1. The van der Waals surface area contributed by atoms with Gasteiger partial charge in [-0.05, 0) is 60.2 Å². The number of alkyl halides is 3. The van der Waals surface area contributed by atoms with Crippen LogP contribution in [0.2, 0.25) is 0 Å². The van der Waals surface area contributed by atoms with Gasteiger partial charge < -0.3 is 19.7 Å². The van der Waals surface area contributed by atoms with Crippen LogP contribution in [0.4, 0.5) is 18.9 Å². The number of fused-ring (bicyclic) bond motifs is 1. The number of rotatable bonds is 5. The molecule has 0 aromatic heterocycles. The van der Waals surface area contributed by atoms with Gasteiger partial charge in [-0.3, -0.25) is 9.59 Å². The average Bonchev–Trinajstić information content (AvgIpc) is 2.97. The molecule has 1 heterocycles. The lowest BCUT2D eigenvalue weighted by Crippen LogP contribution is -2.32. The monoisotopic (exact) mass is 470 g/mol. The Morgan fingerprint density at radius 1 is 1.09 bits per heavy atom. The Bertz CT molecular complexity index is 1210. The molecule has 1 N–H and O–H groups in total. The van der Waals surface area contributed by atoms with Crippen molar-refractivity contribution < 1.29 is 32.2 Å². The molecule has 34 heavy (non-hydrogen) atoms. The van der Waals surface area contributed by atoms with Crippen molar-refractivity contribution in [1.82, 2.24) is 4.90 Å². The van der Waals surface area contributed by atoms with E-state index in [0.29, 0.717) is 33.9 Å². The molecule has 0 unspecified atom stereocenters. The molecule has 2 amide bonds. The van der Waals surface area contributed by atoms with Crippen LogP contribution in [0.25, 0.3) is 0 Å². The third kappa shape index (κ3) is 5.31. The summed E-state index contributed by atoms with van der Waals surface area (Å²) in [7, 11) is 1.54. The minimum Gasteiger partial charge on any atom is -0.497 e. The molecule has 4 rings (SSSR count). The topological polar surface area (TPSA) is 67.9 Å². The van der Waals surface area contributed by atoms with Crippen molar-refractivity contribution in [3.63, 3.8) is 0 Å². The first-order valence-electron chi connectivity index (χ1n) is 10.4. The maximum atomic E-state index is 13.1. The Labute approximate surface area is 193 Å². The molecule has 3 aromatic rings. The fraction of sp³-hybridized carbons (Fsp3) is 0.200. The Hall–Kier alpha value is -4.01. The smallest absolute Gasteiger partial charge is 0.416 e. The first kappa shape index (κ1) is 23.2. The molecule has 9 heteroatoms. The van der Waals surface area contributed by atoms with Crippen molar-refractivity contribution in [1.29, 1.82) is 0 Å². The van der Waals surface area contributed by atoms with E-state index in [1.54, 1.807) is 48.5 Å². The zero-order chi connectivity index (χ0) is 24.3. The van der Waals surface area contributed by atoms with Gasteiger partial charge in [0.2, 0.25) is 0 Å². The molecular formula is C25H21F3N2O4. The Morgan fingerprint density at radius 2 is 1.85 bits per heavy atom. The second-order valence-electron chi connectivity index (χ2n) is 7.74. The number of ether oxygens (including phenoxy) is 2. The molecule has 0 saturated heterocycles. The summed E-state index contributed by atoms with van der Waals surface area (Å²) in [6.07, 6.45) is -4.47. The van der Waals surface area contributed by atoms with Crippen LogP contribution in [0.15, 0.2) is 66.7 Å². The number of benzene rings is 3. The van der Waals surface area contributed by atoms with Gasteiger partial charge in [0.1, 0.15) is 11.5 Å². The summed E-state index contributed by atoms with van der Waals surface area (Å²) in [5.41, 5.74) is 1.15. The molecule has 176 valence electrons. The fourth-order valence-corrected chi connectivity index (χ4v) is 3.60. The molecule has 0 radical (unpaired) electrons. The van der Waals surface area contributed by atoms with Crippen molar-refractivity contribution in [3.8, 4) is 11.5 Å². The van der Waals surface area contributed by atoms with E-state index in [9.17, 15) is 22.8 Å². The highest BCUT2D eigenvalue weighted by Gasteiger charge is 2.31. The van der Waals surface area contributed by atoms with Gasteiger partial charge in [0.05, 0.1) is 12.7 Å². The van der Waals surface area contributed by atoms with Crippen molar-refractivity contribution in [2.24, 2.45) is 0 Å². The lowest BCUT2D eigenvalue weighted by atomic mass is 10.1. The maximum absolute atomic E-state index is 13.1. The molecule has 0 aliphatic carbocycles. The fourth-order valence-electron chi connectivity index (χ4n) is 3.60. The van der Waals surface area contributed by atoms with E-state index in [1.165, 1.54) is 18.1 Å². The number of carbonyl (C=O) groups excluding carboxylic acids is 2. The van der Waals surface area contributed by atoms with Crippen molar-refractivity contribution in [2.75, 3.05) is 19.0 Å². The SMILES string of the molecule is COc1ccc(C(=O)Nc2ccc3c(c2)CN(Cc2cccc(C(F)(F)F)c2)C(=O)CO3)cc1. The Morgan fingerprint density at radius 3 is 2.56 bits per heavy atom. The van der Waals surface area contributed by atoms with Gasteiger partial charge in [-0.25, -0.2) is 0 Å². The lowest BCUT2D eigenvalue weighted by molar-refractivity contribution is -0.137. The summed E-state index contributed by atoms with van der Waals surface area (Å²) in [6, 6.07) is 16.5. The standard InChI is InChI=1S/C25H21F3N2O4/c1-33-21-8-5-17(6-9-21)24(32)29-20-7-10-22-18(12-20)14-30(23(31)15-34-22)13-16-3-2-4-19(11-16)25(26,27)28/h2-12H,13-15H2,1H3,(H,29,32). The number of methoxy groups -OCH3 is 1. The average molecular weight is 470 g/mol. The predicted octanol–water partition coefficient (Wildman–Crippen LogP) is 4.89. The van der Waals surface area contributed by atoms with Gasteiger partial charge in [0.25, 0.3) is 11.8 Å². The Balaban J connectivity index is 1.51. The maximum Gasteiger partial charge on any atom is 0.416 e. The molecule has 0 fully saturated rings. The zero-order valence-electron chi connectivity index (χ0n) is 18.2. The van der Waals surface area contributed by atoms with E-state index in [1.807, 2.05) is 0 Å². The van der Waals surface area contributed by atoms with Crippen molar-refractivity contribution >= 4 is 17.5 Å². The van der Waals surface area contributed by atoms with Crippen LogP contribution >= 0.6 is 0 Å². The number of hydrogen-bond acceptors (Lipinski definition) is 4. The van der Waals surface area contributed by atoms with E-state index in [-0.39, 0.29) is 31.5 Å². The van der Waals surface area contributed by atoms with Gasteiger partial charge in [-0.1, -0.05) is 12.1 Å². The van der Waals surface area contributed by atoms with Crippen LogP contribution in [0, 0.1) is 0 Å². The number of carbonyl (C=O) groups is 2. The van der Waals surface area contributed by atoms with Gasteiger partial charge in [-0.2, -0.15) is 13.2 Å². The third-order valence-electron chi connectivity index (χ3n) is 5.36. The summed E-state index contributed by atoms with van der Waals surface area (Å²) >= 11 is 0. The second-order valence-corrected chi connectivity index (χ2v) is 7.74. The van der Waals surface area contributed by atoms with E-state index in [0.717, 1.165) is 12.1 Å². The van der Waals surface area contributed by atoms with Crippen molar-refractivity contribution in [3.05, 3.63) is 89.0 Å². The summed E-state index contributed by atoms with van der Waals surface area (Å²) < 4.78 is 49.8. The number of nitrogens with zero attached hydrogens (tertiary/aromatic N) is 1. The van der Waals surface area contributed by atoms with Crippen LogP contribution in [-0.2, 0) is 24.1 Å². The first-order chi connectivity index (χ1) is 16.2. The first-order valence-corrected chi connectivity index (χ1v) is 10.4. The Kier molecular flexibility index (Phi) is 6.45. The highest BCUT2D eigenvalue weighted by Crippen LogP contribution is 2.31. The zero-order valence-corrected chi connectivity index (χ0v) is 18.2. The van der Waals surface area contributed by atoms with E-state index in [4.69, 9.17) is 9.47 Å². The number of nitrogens with one attached hydrogen (secondary N) is 1. The number of halogens is 3. The highest BCUT2D eigenvalue weighted by molar-refractivity contribution is 6.04. The molecule has 1 aliphatic rings. The van der Waals surface area contributed by atoms with Gasteiger partial charge in [0.15, 0.2) is 6.61 Å². The largest absolute Gasteiger partial charge is 0.497 e. The summed E-state index contributed by atoms with van der Waals surface area (Å²) in [6.45, 7) is -0.117. The van der Waals surface area contributed by atoms with E-state index in [2.05, 4.69) is 5.32 Å². The number of amides is 2. The van der Waals surface area contributed by atoms with Gasteiger partial charge in [-0.15, -0.1) is 0 Å². The molecule has 1 aliphatic heterocycles. The summed E-state index contributed by atoms with van der Waals surface area (Å²) in [5.74, 6) is 0.429. The number of anilines is 1. The quantitative estimate of drug-likeness (QED) is 0.577. The molecule has 0 saturated carbocycles. The molecule has 0 atom stereocenters. The summed E-state index contributed by atoms with van der Waals surface area (Å²) in [5, 5.41) is 2.80.